The van der Waals surface area contributed by atoms with E-state index in [1.54, 1.807) is 24.1 Å². The molecule has 0 saturated heterocycles. The Morgan fingerprint density at radius 3 is 2.89 bits per heavy atom. The Hall–Kier alpha value is -1.56. The molecule has 0 spiro atoms. The molecule has 1 heterocycles. The number of nitrogens with one attached hydrogen (secondary N) is 1. The van der Waals surface area contributed by atoms with E-state index in [1.807, 2.05) is 6.92 Å². The molecule has 0 bridgehead atoms. The normalized spacial score (nSPS) is 16.6. The van der Waals surface area contributed by atoms with Gasteiger partial charge in [0.15, 0.2) is 0 Å². The predicted molar refractivity (Wildman–Crippen MR) is 66.4 cm³/mol. The second-order valence-corrected chi connectivity index (χ2v) is 4.77. The molecule has 6 nitrogen and oxygen atoms in total. The first-order valence-electron chi connectivity index (χ1n) is 6.17. The maximum atomic E-state index is 11.9. The first kappa shape index (κ1) is 12.9. The van der Waals surface area contributed by atoms with Crippen molar-refractivity contribution in [2.45, 2.75) is 38.4 Å². The summed E-state index contributed by atoms with van der Waals surface area (Å²) < 4.78 is 8.07. The van der Waals surface area contributed by atoms with E-state index in [9.17, 15) is 9.59 Å². The molecule has 1 aromatic rings. The number of imidazole rings is 1. The number of hydrogen-bond acceptors (Lipinski definition) is 3. The van der Waals surface area contributed by atoms with Crippen LogP contribution in [0, 0.1) is 0 Å². The Kier molecular flexibility index (Phi) is 3.86. The third kappa shape index (κ3) is 3.01. The largest absolute Gasteiger partial charge is 0.383 e. The van der Waals surface area contributed by atoms with Crippen molar-refractivity contribution in [3.63, 3.8) is 0 Å². The summed E-state index contributed by atoms with van der Waals surface area (Å²) >= 11 is 0. The van der Waals surface area contributed by atoms with Crippen LogP contribution in [0.2, 0.25) is 0 Å². The molecule has 1 atom stereocenters. The number of carbonyl (C=O) groups excluding carboxylic acids is 1. The number of amides is 1. The summed E-state index contributed by atoms with van der Waals surface area (Å²) in [5, 5.41) is 2.78. The van der Waals surface area contributed by atoms with E-state index in [-0.39, 0.29) is 24.2 Å². The van der Waals surface area contributed by atoms with E-state index in [2.05, 4.69) is 5.32 Å². The van der Waals surface area contributed by atoms with Gasteiger partial charge in [-0.2, -0.15) is 0 Å². The van der Waals surface area contributed by atoms with Crippen molar-refractivity contribution in [1.29, 1.82) is 0 Å². The van der Waals surface area contributed by atoms with Gasteiger partial charge in [0.1, 0.15) is 6.54 Å². The van der Waals surface area contributed by atoms with E-state index < -0.39 is 0 Å². The highest BCUT2D eigenvalue weighted by Crippen LogP contribution is 2.33. The van der Waals surface area contributed by atoms with Gasteiger partial charge in [0.2, 0.25) is 5.91 Å². The molecule has 100 valence electrons. The molecule has 1 aromatic heterocycles. The highest BCUT2D eigenvalue weighted by Gasteiger charge is 2.25. The van der Waals surface area contributed by atoms with Gasteiger partial charge in [0.05, 0.1) is 6.61 Å². The lowest BCUT2D eigenvalue weighted by molar-refractivity contribution is -0.122. The van der Waals surface area contributed by atoms with E-state index in [4.69, 9.17) is 4.74 Å². The van der Waals surface area contributed by atoms with Crippen LogP contribution < -0.4 is 11.0 Å². The summed E-state index contributed by atoms with van der Waals surface area (Å²) in [6.07, 6.45) is 5.54. The molecule has 0 radical (unpaired) electrons. The number of methoxy groups -OCH3 is 1. The molecule has 2 rings (SSSR count). The predicted octanol–water partition coefficient (Wildman–Crippen LogP) is 0.136. The van der Waals surface area contributed by atoms with Crippen LogP contribution in [0.3, 0.4) is 0 Å². The van der Waals surface area contributed by atoms with Gasteiger partial charge in [0, 0.05) is 31.6 Å². The van der Waals surface area contributed by atoms with Gasteiger partial charge >= 0.3 is 5.69 Å². The molecule has 0 aliphatic heterocycles. The van der Waals surface area contributed by atoms with Gasteiger partial charge in [0.25, 0.3) is 0 Å². The monoisotopic (exact) mass is 253 g/mol. The van der Waals surface area contributed by atoms with Crippen LogP contribution in [0.4, 0.5) is 0 Å². The molecule has 1 aliphatic carbocycles. The van der Waals surface area contributed by atoms with Crippen molar-refractivity contribution >= 4 is 5.91 Å². The quantitative estimate of drug-likeness (QED) is 0.784. The standard InChI is InChI=1S/C12H19N3O3/c1-9(8-18-2)13-11(16)7-14-5-6-15(12(14)17)10-3-4-10/h5-6,9-10H,3-4,7-8H2,1-2H3,(H,13,16). The second-order valence-electron chi connectivity index (χ2n) is 4.77. The molecule has 18 heavy (non-hydrogen) atoms. The lowest BCUT2D eigenvalue weighted by Crippen LogP contribution is -2.39. The first-order valence-corrected chi connectivity index (χ1v) is 6.17. The van der Waals surface area contributed by atoms with Crippen molar-refractivity contribution in [3.05, 3.63) is 22.9 Å². The molecule has 1 aliphatic rings. The number of aromatic nitrogens is 2. The lowest BCUT2D eigenvalue weighted by Gasteiger charge is -2.12. The molecule has 6 heteroatoms. The van der Waals surface area contributed by atoms with Crippen molar-refractivity contribution in [2.24, 2.45) is 0 Å². The molecule has 1 unspecified atom stereocenters. The van der Waals surface area contributed by atoms with Crippen molar-refractivity contribution < 1.29 is 9.53 Å². The highest BCUT2D eigenvalue weighted by atomic mass is 16.5. The smallest absolute Gasteiger partial charge is 0.328 e. The van der Waals surface area contributed by atoms with Crippen LogP contribution in [0.5, 0.6) is 0 Å². The molecule has 1 saturated carbocycles. The average Bonchev–Trinajstić information content (AvgIpc) is 3.07. The van der Waals surface area contributed by atoms with E-state index in [0.29, 0.717) is 12.6 Å². The summed E-state index contributed by atoms with van der Waals surface area (Å²) in [5.41, 5.74) is -0.105. The zero-order valence-corrected chi connectivity index (χ0v) is 10.8. The van der Waals surface area contributed by atoms with Gasteiger partial charge in [-0.3, -0.25) is 13.9 Å². The fourth-order valence-corrected chi connectivity index (χ4v) is 1.95. The van der Waals surface area contributed by atoms with Crippen LogP contribution in [0.25, 0.3) is 0 Å². The van der Waals surface area contributed by atoms with E-state index in [1.165, 1.54) is 4.57 Å². The number of carbonyl (C=O) groups is 1. The van der Waals surface area contributed by atoms with Crippen LogP contribution in [0.1, 0.15) is 25.8 Å². The maximum Gasteiger partial charge on any atom is 0.328 e. The number of nitrogens with zero attached hydrogens (tertiary/aromatic N) is 2. The van der Waals surface area contributed by atoms with Crippen LogP contribution in [0.15, 0.2) is 17.2 Å². The van der Waals surface area contributed by atoms with Gasteiger partial charge in [-0.25, -0.2) is 4.79 Å². The van der Waals surface area contributed by atoms with Crippen molar-refractivity contribution in [2.75, 3.05) is 13.7 Å². The topological polar surface area (TPSA) is 65.3 Å². The SMILES string of the molecule is COCC(C)NC(=O)Cn1ccn(C2CC2)c1=O. The minimum atomic E-state index is -0.171. The van der Waals surface area contributed by atoms with Crippen LogP contribution in [-0.4, -0.2) is 34.8 Å². The van der Waals surface area contributed by atoms with Gasteiger partial charge < -0.3 is 10.1 Å². The second kappa shape index (κ2) is 5.39. The zero-order chi connectivity index (χ0) is 13.1. The number of rotatable bonds is 6. The molecule has 0 aromatic carbocycles. The van der Waals surface area contributed by atoms with E-state index >= 15 is 0 Å². The summed E-state index contributed by atoms with van der Waals surface area (Å²) in [4.78, 5) is 23.6. The van der Waals surface area contributed by atoms with E-state index in [0.717, 1.165) is 12.8 Å². The minimum Gasteiger partial charge on any atom is -0.383 e. The fourth-order valence-electron chi connectivity index (χ4n) is 1.95. The molecule has 1 amide bonds. The lowest BCUT2D eigenvalue weighted by atomic mass is 10.3. The maximum absolute atomic E-state index is 11.9. The molecule has 1 fully saturated rings. The first-order chi connectivity index (χ1) is 8.61. The third-order valence-electron chi connectivity index (χ3n) is 2.95. The Labute approximate surface area is 106 Å². The zero-order valence-electron chi connectivity index (χ0n) is 10.8. The summed E-state index contributed by atoms with van der Waals surface area (Å²) in [6.45, 7) is 2.38. The Morgan fingerprint density at radius 2 is 2.28 bits per heavy atom. The average molecular weight is 253 g/mol. The highest BCUT2D eigenvalue weighted by molar-refractivity contribution is 5.75. The Bertz CT molecular complexity index is 473. The molecular weight excluding hydrogens is 234 g/mol. The summed E-state index contributed by atoms with van der Waals surface area (Å²) in [7, 11) is 1.59. The van der Waals surface area contributed by atoms with Gasteiger partial charge in [-0.05, 0) is 19.8 Å². The number of ether oxygens (including phenoxy) is 1. The Morgan fingerprint density at radius 1 is 1.56 bits per heavy atom. The summed E-state index contributed by atoms with van der Waals surface area (Å²) in [5.74, 6) is -0.171. The Balaban J connectivity index is 1.92. The summed E-state index contributed by atoms with van der Waals surface area (Å²) in [6, 6.07) is 0.290. The minimum absolute atomic E-state index is 0.0521. The van der Waals surface area contributed by atoms with Crippen molar-refractivity contribution in [1.82, 2.24) is 14.5 Å². The van der Waals surface area contributed by atoms with Crippen LogP contribution in [-0.2, 0) is 16.1 Å². The molecule has 1 N–H and O–H groups in total. The molecular formula is C12H19N3O3. The number of hydrogen-bond donors (Lipinski definition) is 1. The van der Waals surface area contributed by atoms with Gasteiger partial charge in [-0.15, -0.1) is 0 Å². The van der Waals surface area contributed by atoms with Crippen molar-refractivity contribution in [3.8, 4) is 0 Å². The fraction of sp³-hybridized carbons (Fsp3) is 0.667. The van der Waals surface area contributed by atoms with Crippen LogP contribution >= 0.6 is 0 Å². The van der Waals surface area contributed by atoms with Gasteiger partial charge in [-0.1, -0.05) is 0 Å². The third-order valence-corrected chi connectivity index (χ3v) is 2.95.